The second-order valence-electron chi connectivity index (χ2n) is 33.5. The maximum atomic E-state index is 13.7. The number of nitrogens with zero attached hydrogens (tertiary/aromatic N) is 30. The summed E-state index contributed by atoms with van der Waals surface area (Å²) in [4.78, 5) is 76.7. The van der Waals surface area contributed by atoms with Crippen molar-refractivity contribution in [3.8, 4) is 0 Å². The predicted molar refractivity (Wildman–Crippen MR) is 478 cm³/mol. The molecule has 0 radical (unpaired) electrons. The van der Waals surface area contributed by atoms with Gasteiger partial charge in [-0.25, -0.2) is 52.7 Å². The number of rotatable bonds is 16. The van der Waals surface area contributed by atoms with Crippen LogP contribution in [0.3, 0.4) is 0 Å². The summed E-state index contributed by atoms with van der Waals surface area (Å²) >= 11 is 14.3. The van der Waals surface area contributed by atoms with Crippen molar-refractivity contribution in [1.29, 1.82) is 5.53 Å². The third kappa shape index (κ3) is 23.6. The molecule has 3 aromatic carbocycles. The van der Waals surface area contributed by atoms with Crippen molar-refractivity contribution < 1.29 is 76.0 Å². The van der Waals surface area contributed by atoms with E-state index in [0.717, 1.165) is 155 Å². The first-order valence-corrected chi connectivity index (χ1v) is 43.9. The third-order valence-electron chi connectivity index (χ3n) is 23.0. The quantitative estimate of drug-likeness (QED) is 0.0197. The molecule has 2 amide bonds. The first-order chi connectivity index (χ1) is 63.0. The molecule has 6 saturated heterocycles. The zero-order valence-electron chi connectivity index (χ0n) is 73.6. The van der Waals surface area contributed by atoms with Crippen LogP contribution in [0.25, 0.3) is 49.7 Å². The minimum atomic E-state index is -0.558. The van der Waals surface area contributed by atoms with Crippen LogP contribution in [0, 0.1) is 39.2 Å². The molecular weight excluding hydrogens is 1800 g/mol. The van der Waals surface area contributed by atoms with Crippen molar-refractivity contribution in [2.45, 2.75) is 173 Å². The van der Waals surface area contributed by atoms with Crippen LogP contribution in [0.1, 0.15) is 101 Å². The molecule has 0 unspecified atom stereocenters. The molecule has 0 bridgehead atoms. The Hall–Kier alpha value is -11.9. The van der Waals surface area contributed by atoms with Gasteiger partial charge in [0.1, 0.15) is 34.3 Å². The number of carbonyl (C=O) groups is 2. The van der Waals surface area contributed by atoms with Crippen LogP contribution in [0.2, 0.25) is 5.02 Å². The van der Waals surface area contributed by atoms with Gasteiger partial charge in [0.15, 0.2) is 11.3 Å². The van der Waals surface area contributed by atoms with Gasteiger partial charge in [0.2, 0.25) is 17.8 Å². The number of pyridine rings is 3. The first kappa shape index (κ1) is 97.7. The van der Waals surface area contributed by atoms with Crippen LogP contribution in [0.15, 0.2) is 250 Å². The Balaban J connectivity index is 0.000000147. The molecule has 12 aromatic rings. The summed E-state index contributed by atoms with van der Waals surface area (Å²) in [6.07, 6.45) is 26.2. The molecule has 7 N–H and O–H groups in total. The number of imidazole rings is 3. The van der Waals surface area contributed by atoms with Crippen LogP contribution in [0.4, 0.5) is 40.6 Å². The molecule has 3 spiro atoms. The zero-order chi connectivity index (χ0) is 92.6. The van der Waals surface area contributed by atoms with Crippen molar-refractivity contribution in [2.75, 3.05) is 73.8 Å². The maximum Gasteiger partial charge on any atom is 1.00 e. The van der Waals surface area contributed by atoms with Gasteiger partial charge < -0.3 is 73.2 Å². The minimum Gasteiger partial charge on any atom is -0.775 e. The number of nitrogens with two attached hydrogens (primary N) is 2. The van der Waals surface area contributed by atoms with Crippen molar-refractivity contribution >= 4 is 127 Å². The smallest absolute Gasteiger partial charge is 0.775 e. The van der Waals surface area contributed by atoms with E-state index in [-0.39, 0.29) is 106 Å². The molecule has 15 heterocycles. The van der Waals surface area contributed by atoms with Crippen molar-refractivity contribution in [3.63, 3.8) is 0 Å². The molecule has 132 heavy (non-hydrogen) atoms. The topological polar surface area (TPSA) is 505 Å². The predicted octanol–water partition coefficient (Wildman–Crippen LogP) is 14.4. The number of nitrogens with one attached hydrogen (secondary N) is 3. The summed E-state index contributed by atoms with van der Waals surface area (Å²) in [5.41, 5.74) is 15.6. The Morgan fingerprint density at radius 1 is 0.477 bits per heavy atom. The number of hydrogen-bond acceptors (Lipinski definition) is 25. The van der Waals surface area contributed by atoms with Crippen molar-refractivity contribution in [2.24, 2.45) is 106 Å². The third-order valence-corrected chi connectivity index (χ3v) is 25.7. The number of benzene rings is 3. The van der Waals surface area contributed by atoms with E-state index in [4.69, 9.17) is 69.1 Å². The molecule has 686 valence electrons. The van der Waals surface area contributed by atoms with Crippen LogP contribution < -0.4 is 66.5 Å². The number of carbonyl (C=O) groups excluding carboxylic acids is 2. The Morgan fingerprint density at radius 2 is 0.826 bits per heavy atom. The number of aromatic nitrogens is 12. The molecular formula is C82H94ClF3N35NaO7S3. The Morgan fingerprint density at radius 3 is 1.22 bits per heavy atom. The fourth-order valence-electron chi connectivity index (χ4n) is 16.6. The van der Waals surface area contributed by atoms with E-state index in [1.165, 1.54) is 36.4 Å². The number of fused-ring (bicyclic) bond motifs is 6. The number of piperidine rings is 3. The average molecular weight is 1890 g/mol. The molecule has 6 atom stereocenters. The van der Waals surface area contributed by atoms with E-state index in [0.29, 0.717) is 39.7 Å². The van der Waals surface area contributed by atoms with Crippen LogP contribution in [0.5, 0.6) is 0 Å². The molecule has 18 rings (SSSR count). The number of alkyl carbamates (subject to hydrolysis) is 2. The second kappa shape index (κ2) is 43.7. The molecule has 6 fully saturated rings. The first-order valence-electron chi connectivity index (χ1n) is 41.5. The minimum absolute atomic E-state index is 0. The van der Waals surface area contributed by atoms with E-state index < -0.39 is 17.3 Å². The van der Waals surface area contributed by atoms with Crippen LogP contribution in [-0.4, -0.2) is 177 Å². The summed E-state index contributed by atoms with van der Waals surface area (Å²) in [7, 11) is 0. The van der Waals surface area contributed by atoms with E-state index in [9.17, 15) is 22.8 Å². The van der Waals surface area contributed by atoms with Crippen molar-refractivity contribution in [1.82, 2.24) is 68.7 Å². The normalized spacial score (nSPS) is 20.0. The van der Waals surface area contributed by atoms with E-state index in [2.05, 4.69) is 156 Å². The summed E-state index contributed by atoms with van der Waals surface area (Å²) in [5.74, 6) is 6.26. The monoisotopic (exact) mass is 1890 g/mol. The molecule has 6 aliphatic heterocycles. The standard InChI is InChI=1S/C29H33FN6O3S.C24H25FN6OS.C20H29N5O3S.C9H5ClFN.H3N17.Na/c1-18-24(34-27(37)39-28(2,3)4)29(17-38-18)8-12-35(13-9-29)26-33-16-23(25-32-11-14-36(25)26)40-22-7-10-31-21-15-19(30)5-6-20(21)22;1-15-21(26)24(14-32-15)5-9-30(10-6-24)23-29-13-20(22-28-8-11-31(22)23)33-19-4-7-27-18-12-16(25)2-3-17(18)19;1-13-15(23-18(26)28-19(2,3)4)20(12-27-13)5-8-24(9-6-20)17-22-11-14(29)16-21-7-10-25(16)17;10-8-3-4-12-9-5-6(11)1-2-7(8)9;1-3-5-7-9-11-13-15-17-16-14-12-10-8-6-4-2;/h5-7,10-11,14-16,18,24H,8-9,12-13,17H2,1-4H3,(H,34,37);2-4,7-8,11-13,15,21H,5-6,9-10,14,26H2,1H3;7,10-11,13,15,29H,5-6,8-9,12H2,1-4H3,(H,23,26);1-5H;(H3,1,2,5,6,9,10,13,14,17);/q;;;;;+1/p-1/t18-,24+;15-,21+;13-,15+;;;/m000.../s1. The van der Waals surface area contributed by atoms with Crippen LogP contribution in [-0.2, 0) is 36.3 Å². The number of anilines is 3. The van der Waals surface area contributed by atoms with E-state index >= 15 is 0 Å². The zero-order valence-corrected chi connectivity index (χ0v) is 78.8. The maximum absolute atomic E-state index is 13.7. The summed E-state index contributed by atoms with van der Waals surface area (Å²) < 4.78 is 75.0. The molecule has 42 nitrogen and oxygen atoms in total. The number of hydrogen-bond donors (Lipinski definition) is 5. The largest absolute Gasteiger partial charge is 1.00 e. The fraction of sp³-hybridized carbons (Fsp3) is 0.427. The number of ether oxygens (including phenoxy) is 5. The summed E-state index contributed by atoms with van der Waals surface area (Å²) in [6.45, 7) is 24.2. The van der Waals surface area contributed by atoms with Crippen molar-refractivity contribution in [3.05, 3.63) is 170 Å². The van der Waals surface area contributed by atoms with Crippen LogP contribution >= 0.6 is 35.1 Å². The van der Waals surface area contributed by atoms with Gasteiger partial charge in [0, 0.05) is 180 Å². The Bertz CT molecular complexity index is 6280. The molecule has 0 aliphatic carbocycles. The average Bonchev–Trinajstić information content (AvgIpc) is 1.59. The Kier molecular flexibility index (Phi) is 32.3. The molecule has 0 saturated carbocycles. The van der Waals surface area contributed by atoms with Gasteiger partial charge in [-0.1, -0.05) is 40.3 Å². The summed E-state index contributed by atoms with van der Waals surface area (Å²) in [6, 6.07) is 19.1. The van der Waals surface area contributed by atoms with Gasteiger partial charge in [-0.2, -0.15) is 5.53 Å². The molecule has 50 heteroatoms. The van der Waals surface area contributed by atoms with Gasteiger partial charge in [-0.15, -0.1) is 4.90 Å². The van der Waals surface area contributed by atoms with Gasteiger partial charge in [-0.3, -0.25) is 28.2 Å². The SMILES string of the molecule is C[C@@H]1OCC2(CCN(c3ncc(Sc4ccnc5cc(F)ccc45)c4nccn34)CC2)[C@@H]1N.C[C@@H]1OCC2(CCN(c3ncc(Sc4ccnc5cc(F)ccc45)c4nccn34)CC2)[C@@H]1NC(=O)OC(C)(C)C.C[C@@H]1OCC2(CCN(c3ncc([S-])c4nccn34)CC2)[C@@H]1NC(=O)OC(C)(C)C.Fc1ccc2c(Cl)ccnc2c1.N=N/N=N/N=N/N=N/N=N/N=N/N=N/N=N/N.[Na+]. The number of amides is 2. The van der Waals surface area contributed by atoms with E-state index in [1.807, 2.05) is 107 Å². The van der Waals surface area contributed by atoms with Gasteiger partial charge >= 0.3 is 41.7 Å². The van der Waals surface area contributed by atoms with Gasteiger partial charge in [-0.05, 0) is 229 Å². The van der Waals surface area contributed by atoms with Gasteiger partial charge in [0.05, 0.1) is 81.6 Å². The van der Waals surface area contributed by atoms with E-state index in [1.54, 1.807) is 91.2 Å². The number of halogens is 4. The van der Waals surface area contributed by atoms with Gasteiger partial charge in [0.25, 0.3) is 0 Å². The second-order valence-corrected chi connectivity index (χ2v) is 36.5. The Labute approximate surface area is 794 Å². The molecule has 6 aliphatic rings. The summed E-state index contributed by atoms with van der Waals surface area (Å²) in [5, 5.41) is 52.6. The molecule has 9 aromatic heterocycles. The fourth-order valence-corrected chi connectivity index (χ4v) is 19.1.